The summed E-state index contributed by atoms with van der Waals surface area (Å²) in [6.07, 6.45) is 2.56. The van der Waals surface area contributed by atoms with Gasteiger partial charge >= 0.3 is 0 Å². The normalized spacial score (nSPS) is 10.2. The minimum Gasteiger partial charge on any atom is -0.494 e. The molecule has 0 bridgehead atoms. The zero-order chi connectivity index (χ0) is 21.9. The Bertz CT molecular complexity index is 895. The van der Waals surface area contributed by atoms with E-state index in [0.29, 0.717) is 41.6 Å². The monoisotopic (exact) mass is 425 g/mol. The number of anilines is 1. The first-order valence-electron chi connectivity index (χ1n) is 9.74. The Balaban J connectivity index is 1.94. The van der Waals surface area contributed by atoms with E-state index in [2.05, 4.69) is 36.4 Å². The van der Waals surface area contributed by atoms with Gasteiger partial charge in [0.2, 0.25) is 0 Å². The van der Waals surface area contributed by atoms with Crippen LogP contribution >= 0.6 is 12.2 Å². The number of carbonyl (C=O) groups is 2. The van der Waals surface area contributed by atoms with Crippen molar-refractivity contribution in [1.82, 2.24) is 10.6 Å². The van der Waals surface area contributed by atoms with Crippen LogP contribution in [0.15, 0.2) is 61.2 Å². The maximum absolute atomic E-state index is 12.5. The highest BCUT2D eigenvalue weighted by Gasteiger charge is 2.13. The molecule has 0 heterocycles. The number of benzene rings is 2. The maximum Gasteiger partial charge on any atom is 0.257 e. The summed E-state index contributed by atoms with van der Waals surface area (Å²) in [6, 6.07) is 13.8. The van der Waals surface area contributed by atoms with Gasteiger partial charge in [-0.1, -0.05) is 32.1 Å². The molecule has 2 aromatic rings. The van der Waals surface area contributed by atoms with Crippen molar-refractivity contribution in [2.75, 3.05) is 18.5 Å². The van der Waals surface area contributed by atoms with Gasteiger partial charge in [0, 0.05) is 12.1 Å². The van der Waals surface area contributed by atoms with Gasteiger partial charge in [0.15, 0.2) is 5.11 Å². The van der Waals surface area contributed by atoms with Crippen LogP contribution in [0.1, 0.15) is 41.0 Å². The molecule has 0 aliphatic rings. The number of carbonyl (C=O) groups excluding carboxylic acids is 2. The van der Waals surface area contributed by atoms with Crippen LogP contribution < -0.4 is 20.7 Å². The second-order valence-electron chi connectivity index (χ2n) is 7.01. The van der Waals surface area contributed by atoms with Crippen molar-refractivity contribution in [2.45, 2.75) is 20.3 Å². The Kier molecular flexibility index (Phi) is 9.03. The number of nitrogens with one attached hydrogen (secondary N) is 3. The van der Waals surface area contributed by atoms with E-state index < -0.39 is 0 Å². The minimum atomic E-state index is -0.352. The number of para-hydroxylation sites is 1. The van der Waals surface area contributed by atoms with Crippen LogP contribution in [0.4, 0.5) is 5.69 Å². The van der Waals surface area contributed by atoms with Crippen LogP contribution in [0.3, 0.4) is 0 Å². The predicted octanol–water partition coefficient (Wildman–Crippen LogP) is 4.15. The van der Waals surface area contributed by atoms with Crippen LogP contribution in [0.2, 0.25) is 0 Å². The van der Waals surface area contributed by atoms with E-state index in [0.717, 1.165) is 6.42 Å². The van der Waals surface area contributed by atoms with Gasteiger partial charge in [-0.25, -0.2) is 0 Å². The number of thiocarbonyl (C=S) groups is 1. The lowest BCUT2D eigenvalue weighted by Crippen LogP contribution is -2.35. The minimum absolute atomic E-state index is 0.0984. The molecule has 0 aromatic heterocycles. The summed E-state index contributed by atoms with van der Waals surface area (Å²) in [5, 5.41) is 8.34. The predicted molar refractivity (Wildman–Crippen MR) is 124 cm³/mol. The highest BCUT2D eigenvalue weighted by atomic mass is 32.1. The van der Waals surface area contributed by atoms with Gasteiger partial charge in [-0.05, 0) is 61.0 Å². The molecule has 0 spiro atoms. The molecule has 2 rings (SSSR count). The first-order valence-corrected chi connectivity index (χ1v) is 10.1. The van der Waals surface area contributed by atoms with Crippen molar-refractivity contribution in [1.29, 1.82) is 0 Å². The van der Waals surface area contributed by atoms with Gasteiger partial charge in [0.05, 0.1) is 17.9 Å². The van der Waals surface area contributed by atoms with Crippen molar-refractivity contribution >= 4 is 34.8 Å². The summed E-state index contributed by atoms with van der Waals surface area (Å²) in [4.78, 5) is 24.7. The smallest absolute Gasteiger partial charge is 0.257 e. The molecule has 0 fully saturated rings. The van der Waals surface area contributed by atoms with Crippen LogP contribution in [0, 0.1) is 5.92 Å². The Morgan fingerprint density at radius 1 is 1.10 bits per heavy atom. The molecular weight excluding hydrogens is 398 g/mol. The van der Waals surface area contributed by atoms with E-state index in [9.17, 15) is 9.59 Å². The van der Waals surface area contributed by atoms with Crippen LogP contribution in [-0.2, 0) is 0 Å². The summed E-state index contributed by atoms with van der Waals surface area (Å²) in [5.41, 5.74) is 1.37. The molecule has 0 saturated carbocycles. The summed E-state index contributed by atoms with van der Waals surface area (Å²) >= 11 is 5.24. The van der Waals surface area contributed by atoms with Crippen LogP contribution in [-0.4, -0.2) is 30.1 Å². The molecule has 0 aliphatic heterocycles. The zero-order valence-electron chi connectivity index (χ0n) is 17.2. The van der Waals surface area contributed by atoms with Gasteiger partial charge in [-0.15, -0.1) is 6.58 Å². The Hall–Kier alpha value is -3.19. The molecule has 2 aromatic carbocycles. The molecule has 0 radical (unpaired) electrons. The first-order chi connectivity index (χ1) is 14.4. The van der Waals surface area contributed by atoms with E-state index in [1.165, 1.54) is 0 Å². The topological polar surface area (TPSA) is 79.5 Å². The quantitative estimate of drug-likeness (QED) is 0.415. The van der Waals surface area contributed by atoms with Crippen LogP contribution in [0.25, 0.3) is 0 Å². The lowest BCUT2D eigenvalue weighted by Gasteiger charge is -2.13. The Morgan fingerprint density at radius 2 is 1.80 bits per heavy atom. The van der Waals surface area contributed by atoms with Crippen molar-refractivity contribution < 1.29 is 14.3 Å². The largest absolute Gasteiger partial charge is 0.494 e. The maximum atomic E-state index is 12.5. The highest BCUT2D eigenvalue weighted by Crippen LogP contribution is 2.16. The van der Waals surface area contributed by atoms with Gasteiger partial charge < -0.3 is 15.4 Å². The van der Waals surface area contributed by atoms with Crippen molar-refractivity contribution in [3.63, 3.8) is 0 Å². The number of amides is 2. The fraction of sp³-hybridized carbons (Fsp3) is 0.261. The SMILES string of the molecule is C=CCNC(=O)c1ccccc1NC(=S)NC(=O)c1ccc(OCCC(C)C)cc1. The first kappa shape index (κ1) is 23.1. The molecule has 3 N–H and O–H groups in total. The molecule has 0 aliphatic carbocycles. The molecule has 0 unspecified atom stereocenters. The fourth-order valence-electron chi connectivity index (χ4n) is 2.49. The van der Waals surface area contributed by atoms with E-state index in [-0.39, 0.29) is 16.9 Å². The average molecular weight is 426 g/mol. The molecule has 2 amide bonds. The number of ether oxygens (including phenoxy) is 1. The summed E-state index contributed by atoms with van der Waals surface area (Å²) in [6.45, 7) is 8.85. The third-order valence-electron chi connectivity index (χ3n) is 4.13. The second-order valence-corrected chi connectivity index (χ2v) is 7.42. The third kappa shape index (κ3) is 7.33. The van der Waals surface area contributed by atoms with E-state index in [1.54, 1.807) is 54.6 Å². The standard InChI is InChI=1S/C23H27N3O3S/c1-4-14-24-22(28)19-7-5-6-8-20(19)25-23(30)26-21(27)17-9-11-18(12-10-17)29-15-13-16(2)3/h4-12,16H,1,13-15H2,2-3H3,(H,24,28)(H2,25,26,27,30). The number of hydrogen-bond acceptors (Lipinski definition) is 4. The molecule has 0 atom stereocenters. The summed E-state index contributed by atoms with van der Waals surface area (Å²) in [7, 11) is 0. The second kappa shape index (κ2) is 11.7. The highest BCUT2D eigenvalue weighted by molar-refractivity contribution is 7.80. The van der Waals surface area contributed by atoms with Crippen molar-refractivity contribution in [3.05, 3.63) is 72.3 Å². The van der Waals surface area contributed by atoms with Gasteiger partial charge in [-0.2, -0.15) is 0 Å². The lowest BCUT2D eigenvalue weighted by atomic mass is 10.1. The fourth-order valence-corrected chi connectivity index (χ4v) is 2.70. The number of rotatable bonds is 9. The zero-order valence-corrected chi connectivity index (χ0v) is 18.1. The Morgan fingerprint density at radius 3 is 2.47 bits per heavy atom. The summed E-state index contributed by atoms with van der Waals surface area (Å²) in [5.74, 6) is 0.670. The average Bonchev–Trinajstić information content (AvgIpc) is 2.72. The molecule has 6 nitrogen and oxygen atoms in total. The number of hydrogen-bond donors (Lipinski definition) is 3. The van der Waals surface area contributed by atoms with Crippen LogP contribution in [0.5, 0.6) is 5.75 Å². The molecular formula is C23H27N3O3S. The molecule has 7 heteroatoms. The van der Waals surface area contributed by atoms with E-state index >= 15 is 0 Å². The van der Waals surface area contributed by atoms with Gasteiger partial charge in [0.25, 0.3) is 11.8 Å². The molecule has 0 saturated heterocycles. The van der Waals surface area contributed by atoms with Crippen molar-refractivity contribution in [2.24, 2.45) is 5.92 Å². The van der Waals surface area contributed by atoms with Gasteiger partial charge in [0.1, 0.15) is 5.75 Å². The summed E-state index contributed by atoms with van der Waals surface area (Å²) < 4.78 is 5.66. The van der Waals surface area contributed by atoms with Gasteiger partial charge in [-0.3, -0.25) is 14.9 Å². The third-order valence-corrected chi connectivity index (χ3v) is 4.34. The molecule has 30 heavy (non-hydrogen) atoms. The van der Waals surface area contributed by atoms with E-state index in [4.69, 9.17) is 17.0 Å². The lowest BCUT2D eigenvalue weighted by molar-refractivity contribution is 0.0956. The Labute approximate surface area is 182 Å². The molecule has 158 valence electrons. The van der Waals surface area contributed by atoms with E-state index in [1.807, 2.05) is 0 Å². The van der Waals surface area contributed by atoms with Crippen molar-refractivity contribution in [3.8, 4) is 5.75 Å².